The maximum absolute atomic E-state index is 10.5. The maximum atomic E-state index is 10.5. The third-order valence-electron chi connectivity index (χ3n) is 4.01. The van der Waals surface area contributed by atoms with Gasteiger partial charge in [0.2, 0.25) is 0 Å². The number of aryl methyl sites for hydroxylation is 2. The van der Waals surface area contributed by atoms with Crippen LogP contribution >= 0.6 is 11.6 Å². The number of imidazole rings is 1. The van der Waals surface area contributed by atoms with Gasteiger partial charge in [-0.3, -0.25) is 4.40 Å². The Morgan fingerprint density at radius 3 is 2.68 bits per heavy atom. The van der Waals surface area contributed by atoms with Crippen molar-refractivity contribution in [3.63, 3.8) is 0 Å². The van der Waals surface area contributed by atoms with E-state index in [0.29, 0.717) is 6.42 Å². The van der Waals surface area contributed by atoms with E-state index in [0.717, 1.165) is 38.9 Å². The normalized spacial score (nSPS) is 12.8. The van der Waals surface area contributed by atoms with Crippen LogP contribution in [0, 0.1) is 13.8 Å². The Morgan fingerprint density at radius 2 is 2.00 bits per heavy atom. The summed E-state index contributed by atoms with van der Waals surface area (Å²) in [6.07, 6.45) is 0.0869. The van der Waals surface area contributed by atoms with E-state index in [4.69, 9.17) is 16.6 Å². The van der Waals surface area contributed by atoms with Crippen LogP contribution in [0.3, 0.4) is 0 Å². The third kappa shape index (κ3) is 2.40. The van der Waals surface area contributed by atoms with Crippen molar-refractivity contribution in [3.05, 3.63) is 58.4 Å². The molecule has 2 aromatic heterocycles. The van der Waals surface area contributed by atoms with Crippen LogP contribution in [0.2, 0.25) is 5.02 Å². The SMILES string of the molecule is CCC(O)c1c(-c2ccc(Cl)c(C)c2)nc2cccc(C)n12. The number of aliphatic hydroxyl groups excluding tert-OH is 1. The highest BCUT2D eigenvalue weighted by molar-refractivity contribution is 6.31. The first-order valence-electron chi connectivity index (χ1n) is 7.45. The molecule has 0 amide bonds. The first-order valence-corrected chi connectivity index (χ1v) is 7.83. The molecule has 3 aromatic rings. The lowest BCUT2D eigenvalue weighted by Gasteiger charge is -2.13. The van der Waals surface area contributed by atoms with Crippen LogP contribution in [0.15, 0.2) is 36.4 Å². The fraction of sp³-hybridized carbons (Fsp3) is 0.278. The number of nitrogens with zero attached hydrogens (tertiary/aromatic N) is 2. The van der Waals surface area contributed by atoms with Crippen molar-refractivity contribution in [1.29, 1.82) is 0 Å². The molecule has 1 atom stereocenters. The van der Waals surface area contributed by atoms with Crippen LogP contribution in [0.1, 0.15) is 36.4 Å². The second-order valence-corrected chi connectivity index (χ2v) is 6.00. The molecule has 0 saturated carbocycles. The van der Waals surface area contributed by atoms with E-state index in [2.05, 4.69) is 0 Å². The molecule has 3 nitrogen and oxygen atoms in total. The van der Waals surface area contributed by atoms with Crippen LogP contribution < -0.4 is 0 Å². The van der Waals surface area contributed by atoms with Crippen LogP contribution in [-0.4, -0.2) is 14.5 Å². The molecule has 0 aliphatic rings. The quantitative estimate of drug-likeness (QED) is 0.760. The van der Waals surface area contributed by atoms with Crippen molar-refractivity contribution in [2.24, 2.45) is 0 Å². The molecule has 0 saturated heterocycles. The number of aromatic nitrogens is 2. The largest absolute Gasteiger partial charge is 0.387 e. The minimum absolute atomic E-state index is 0.554. The van der Waals surface area contributed by atoms with Crippen LogP contribution in [0.4, 0.5) is 0 Å². The number of fused-ring (bicyclic) bond motifs is 1. The van der Waals surface area contributed by atoms with Gasteiger partial charge >= 0.3 is 0 Å². The Hall–Kier alpha value is -1.84. The van der Waals surface area contributed by atoms with Crippen molar-refractivity contribution < 1.29 is 5.11 Å². The molecular weight excluding hydrogens is 296 g/mol. The second kappa shape index (κ2) is 5.75. The summed E-state index contributed by atoms with van der Waals surface area (Å²) in [7, 11) is 0. The van der Waals surface area contributed by atoms with Gasteiger partial charge in [0.25, 0.3) is 0 Å². The summed E-state index contributed by atoms with van der Waals surface area (Å²) in [6.45, 7) is 5.97. The van der Waals surface area contributed by atoms with E-state index in [9.17, 15) is 5.11 Å². The highest BCUT2D eigenvalue weighted by Crippen LogP contribution is 2.33. The summed E-state index contributed by atoms with van der Waals surface area (Å²) < 4.78 is 2.04. The van der Waals surface area contributed by atoms with Gasteiger partial charge in [-0.25, -0.2) is 4.98 Å². The van der Waals surface area contributed by atoms with Crippen molar-refractivity contribution in [1.82, 2.24) is 9.38 Å². The van der Waals surface area contributed by atoms with Gasteiger partial charge in [0.15, 0.2) is 0 Å². The first kappa shape index (κ1) is 15.1. The van der Waals surface area contributed by atoms with Crippen molar-refractivity contribution in [2.75, 3.05) is 0 Å². The Labute approximate surface area is 135 Å². The number of halogens is 1. The highest BCUT2D eigenvalue weighted by atomic mass is 35.5. The molecule has 0 aliphatic heterocycles. The summed E-state index contributed by atoms with van der Waals surface area (Å²) in [4.78, 5) is 4.74. The van der Waals surface area contributed by atoms with E-state index in [1.807, 2.05) is 61.6 Å². The van der Waals surface area contributed by atoms with Crippen molar-refractivity contribution in [2.45, 2.75) is 33.3 Å². The third-order valence-corrected chi connectivity index (χ3v) is 4.43. The number of aliphatic hydroxyl groups is 1. The molecule has 0 bridgehead atoms. The Morgan fingerprint density at radius 1 is 1.23 bits per heavy atom. The summed E-state index contributed by atoms with van der Waals surface area (Å²) in [5.74, 6) is 0. The molecule has 0 fully saturated rings. The van der Waals surface area contributed by atoms with E-state index in [1.54, 1.807) is 0 Å². The number of rotatable bonds is 3. The van der Waals surface area contributed by atoms with Gasteiger partial charge in [-0.2, -0.15) is 0 Å². The van der Waals surface area contributed by atoms with Crippen molar-refractivity contribution in [3.8, 4) is 11.3 Å². The molecule has 22 heavy (non-hydrogen) atoms. The molecule has 0 aliphatic carbocycles. The van der Waals surface area contributed by atoms with Gasteiger partial charge < -0.3 is 5.11 Å². The van der Waals surface area contributed by atoms with Gasteiger partial charge in [-0.1, -0.05) is 30.7 Å². The van der Waals surface area contributed by atoms with Gasteiger partial charge in [-0.15, -0.1) is 0 Å². The van der Waals surface area contributed by atoms with Gasteiger partial charge in [0.05, 0.1) is 17.5 Å². The molecule has 1 N–H and O–H groups in total. The molecule has 2 heterocycles. The maximum Gasteiger partial charge on any atom is 0.137 e. The molecule has 1 unspecified atom stereocenters. The first-order chi connectivity index (χ1) is 10.5. The number of hydrogen-bond donors (Lipinski definition) is 1. The van der Waals surface area contributed by atoms with E-state index in [-0.39, 0.29) is 0 Å². The second-order valence-electron chi connectivity index (χ2n) is 5.59. The summed E-state index contributed by atoms with van der Waals surface area (Å²) in [5.41, 5.74) is 5.56. The minimum atomic E-state index is -0.554. The lowest BCUT2D eigenvalue weighted by Crippen LogP contribution is -2.04. The summed E-state index contributed by atoms with van der Waals surface area (Å²) in [6, 6.07) is 11.8. The predicted molar refractivity (Wildman–Crippen MR) is 90.4 cm³/mol. The van der Waals surface area contributed by atoms with Gasteiger partial charge in [-0.05, 0) is 50.1 Å². The molecule has 1 aromatic carbocycles. The average molecular weight is 315 g/mol. The lowest BCUT2D eigenvalue weighted by molar-refractivity contribution is 0.168. The van der Waals surface area contributed by atoms with Crippen LogP contribution in [0.25, 0.3) is 16.9 Å². The topological polar surface area (TPSA) is 37.5 Å². The molecule has 114 valence electrons. The van der Waals surface area contributed by atoms with Crippen molar-refractivity contribution >= 4 is 17.2 Å². The van der Waals surface area contributed by atoms with Gasteiger partial charge in [0.1, 0.15) is 5.65 Å². The fourth-order valence-electron chi connectivity index (χ4n) is 2.79. The van der Waals surface area contributed by atoms with E-state index >= 15 is 0 Å². The fourth-order valence-corrected chi connectivity index (χ4v) is 2.90. The predicted octanol–water partition coefficient (Wildman–Crippen LogP) is 4.71. The molecule has 0 radical (unpaired) electrons. The number of pyridine rings is 1. The number of benzene rings is 1. The smallest absolute Gasteiger partial charge is 0.137 e. The zero-order chi connectivity index (χ0) is 15.9. The summed E-state index contributed by atoms with van der Waals surface area (Å²) in [5, 5.41) is 11.3. The average Bonchev–Trinajstić information content (AvgIpc) is 2.90. The van der Waals surface area contributed by atoms with E-state index in [1.165, 1.54) is 0 Å². The van der Waals surface area contributed by atoms with Crippen LogP contribution in [-0.2, 0) is 0 Å². The number of hydrogen-bond acceptors (Lipinski definition) is 2. The molecule has 4 heteroatoms. The summed E-state index contributed by atoms with van der Waals surface area (Å²) >= 11 is 6.13. The molecule has 0 spiro atoms. The van der Waals surface area contributed by atoms with Crippen LogP contribution in [0.5, 0.6) is 0 Å². The lowest BCUT2D eigenvalue weighted by atomic mass is 10.0. The zero-order valence-electron chi connectivity index (χ0n) is 13.0. The molecular formula is C18H19ClN2O. The Kier molecular flexibility index (Phi) is 3.94. The highest BCUT2D eigenvalue weighted by Gasteiger charge is 2.20. The minimum Gasteiger partial charge on any atom is -0.387 e. The zero-order valence-corrected chi connectivity index (χ0v) is 13.7. The van der Waals surface area contributed by atoms with E-state index < -0.39 is 6.10 Å². The Bertz CT molecular complexity index is 838. The molecule has 3 rings (SSSR count). The standard InChI is InChI=1S/C18H19ClN2O/c1-4-15(22)18-17(13-8-9-14(19)11(2)10-13)20-16-7-5-6-12(3)21(16)18/h5-10,15,22H,4H2,1-3H3. The Balaban J connectivity index is 2.33. The monoisotopic (exact) mass is 314 g/mol. The van der Waals surface area contributed by atoms with Gasteiger partial charge in [0, 0.05) is 16.3 Å².